The van der Waals surface area contributed by atoms with Crippen LogP contribution in [0, 0.1) is 18.6 Å². The molecule has 1 aliphatic heterocycles. The number of nitrogens with zero attached hydrogens (tertiary/aromatic N) is 2. The summed E-state index contributed by atoms with van der Waals surface area (Å²) in [5, 5.41) is 0.487. The topological polar surface area (TPSA) is 102 Å². The molecule has 0 aliphatic carbocycles. The number of primary amides is 2. The lowest BCUT2D eigenvalue weighted by Gasteiger charge is -2.22. The molecule has 3 aromatic carbocycles. The van der Waals surface area contributed by atoms with Gasteiger partial charge in [0.2, 0.25) is 11.8 Å². The highest BCUT2D eigenvalue weighted by Crippen LogP contribution is 2.37. The number of nitrogens with two attached hydrogens (primary N) is 2. The summed E-state index contributed by atoms with van der Waals surface area (Å²) in [7, 11) is 2.07. The van der Waals surface area contributed by atoms with E-state index in [1.807, 2.05) is 6.07 Å². The van der Waals surface area contributed by atoms with Gasteiger partial charge in [0, 0.05) is 23.4 Å². The van der Waals surface area contributed by atoms with Crippen molar-refractivity contribution in [3.63, 3.8) is 0 Å². The normalized spacial score (nSPS) is 15.6. The van der Waals surface area contributed by atoms with Crippen LogP contribution in [0.5, 0.6) is 0 Å². The third-order valence-electron chi connectivity index (χ3n) is 7.41. The van der Waals surface area contributed by atoms with Gasteiger partial charge >= 0.3 is 0 Å². The smallest absolute Gasteiger partial charge is 0.250 e. The summed E-state index contributed by atoms with van der Waals surface area (Å²) in [5.41, 5.74) is 16.1. The molecule has 1 aliphatic rings. The Labute approximate surface area is 225 Å². The molecular formula is C31H30F2N4O2. The Morgan fingerprint density at radius 2 is 1.72 bits per heavy atom. The van der Waals surface area contributed by atoms with Crippen LogP contribution < -0.4 is 11.5 Å². The van der Waals surface area contributed by atoms with Gasteiger partial charge in [-0.1, -0.05) is 18.2 Å². The van der Waals surface area contributed by atoms with Crippen LogP contribution in [-0.4, -0.2) is 41.3 Å². The Morgan fingerprint density at radius 3 is 2.38 bits per heavy atom. The molecule has 1 aromatic heterocycles. The van der Waals surface area contributed by atoms with Crippen molar-refractivity contribution < 1.29 is 18.4 Å². The molecule has 0 radical (unpaired) electrons. The molecule has 8 heteroatoms. The Morgan fingerprint density at radius 1 is 0.974 bits per heavy atom. The zero-order valence-corrected chi connectivity index (χ0v) is 21.9. The van der Waals surface area contributed by atoms with E-state index in [9.17, 15) is 18.4 Å². The molecule has 1 atom stereocenters. The van der Waals surface area contributed by atoms with Crippen molar-refractivity contribution in [3.05, 3.63) is 88.6 Å². The fourth-order valence-corrected chi connectivity index (χ4v) is 5.67. The lowest BCUT2D eigenvalue weighted by molar-refractivity contribution is -0.117. The van der Waals surface area contributed by atoms with Gasteiger partial charge < -0.3 is 16.4 Å². The second-order valence-electron chi connectivity index (χ2n) is 10.4. The summed E-state index contributed by atoms with van der Waals surface area (Å²) in [6, 6.07) is 14.5. The van der Waals surface area contributed by atoms with E-state index in [1.165, 1.54) is 24.3 Å². The minimum Gasteiger partial charge on any atom is -0.369 e. The number of fused-ring (bicyclic) bond motifs is 1. The standard InChI is InChI=1S/C31H30F2N4O2/c1-17-8-21(14-22(32)9-17)29-27(16-24-4-3-7-37(24)2)36-26-6-5-19(15-25(26)30(29)31(35)39)20-10-18(12-28(34)38)11-23(33)13-20/h5-6,8-11,13-15,24H,3-4,7,12,16H2,1-2H3,(H2,34,38)(H2,35,39)/t24-/m0/s1. The van der Waals surface area contributed by atoms with Crippen LogP contribution in [0.1, 0.15) is 40.0 Å². The van der Waals surface area contributed by atoms with E-state index in [0.717, 1.165) is 19.4 Å². The Kier molecular flexibility index (Phi) is 7.14. The first-order chi connectivity index (χ1) is 18.6. The molecule has 0 spiro atoms. The van der Waals surface area contributed by atoms with Gasteiger partial charge in [0.1, 0.15) is 11.6 Å². The molecule has 2 heterocycles. The largest absolute Gasteiger partial charge is 0.369 e. The average Bonchev–Trinajstić information content (AvgIpc) is 3.25. The summed E-state index contributed by atoms with van der Waals surface area (Å²) < 4.78 is 29.0. The number of halogens is 2. The van der Waals surface area contributed by atoms with E-state index in [0.29, 0.717) is 56.4 Å². The third kappa shape index (κ3) is 5.52. The predicted molar refractivity (Wildman–Crippen MR) is 148 cm³/mol. The van der Waals surface area contributed by atoms with Gasteiger partial charge in [0.25, 0.3) is 0 Å². The molecule has 1 saturated heterocycles. The van der Waals surface area contributed by atoms with Gasteiger partial charge in [0.15, 0.2) is 0 Å². The maximum atomic E-state index is 14.6. The van der Waals surface area contributed by atoms with Gasteiger partial charge in [-0.3, -0.25) is 14.6 Å². The van der Waals surface area contributed by atoms with E-state index in [2.05, 4.69) is 11.9 Å². The number of hydrogen-bond donors (Lipinski definition) is 2. The highest BCUT2D eigenvalue weighted by molar-refractivity contribution is 6.12. The van der Waals surface area contributed by atoms with Crippen LogP contribution in [0.4, 0.5) is 8.78 Å². The number of hydrogen-bond acceptors (Lipinski definition) is 4. The van der Waals surface area contributed by atoms with Crippen molar-refractivity contribution in [2.24, 2.45) is 11.5 Å². The third-order valence-corrected chi connectivity index (χ3v) is 7.41. The fraction of sp³-hybridized carbons (Fsp3) is 0.258. The molecule has 0 bridgehead atoms. The van der Waals surface area contributed by atoms with Crippen LogP contribution in [0.3, 0.4) is 0 Å². The van der Waals surface area contributed by atoms with Crippen molar-refractivity contribution in [3.8, 4) is 22.3 Å². The minimum absolute atomic E-state index is 0.103. The lowest BCUT2D eigenvalue weighted by Crippen LogP contribution is -2.28. The number of rotatable bonds is 7. The summed E-state index contributed by atoms with van der Waals surface area (Å²) in [5.74, 6) is -2.16. The predicted octanol–water partition coefficient (Wildman–Crippen LogP) is 4.92. The molecule has 4 aromatic rings. The van der Waals surface area contributed by atoms with Gasteiger partial charge in [-0.25, -0.2) is 8.78 Å². The molecule has 4 N–H and O–H groups in total. The van der Waals surface area contributed by atoms with Crippen LogP contribution in [0.15, 0.2) is 54.6 Å². The van der Waals surface area contributed by atoms with Crippen LogP contribution >= 0.6 is 0 Å². The van der Waals surface area contributed by atoms with Crippen LogP contribution in [-0.2, 0) is 17.6 Å². The van der Waals surface area contributed by atoms with E-state index >= 15 is 0 Å². The maximum absolute atomic E-state index is 14.6. The second kappa shape index (κ2) is 10.5. The number of aryl methyl sites for hydroxylation is 1. The van der Waals surface area contributed by atoms with Gasteiger partial charge in [-0.2, -0.15) is 0 Å². The summed E-state index contributed by atoms with van der Waals surface area (Å²) in [4.78, 5) is 31.8. The molecule has 39 heavy (non-hydrogen) atoms. The molecule has 5 rings (SSSR count). The number of benzene rings is 3. The molecular weight excluding hydrogens is 498 g/mol. The zero-order valence-electron chi connectivity index (χ0n) is 21.9. The van der Waals surface area contributed by atoms with Gasteiger partial charge in [0.05, 0.1) is 23.2 Å². The second-order valence-corrected chi connectivity index (χ2v) is 10.4. The number of likely N-dealkylation sites (tertiary alicyclic amines) is 1. The molecule has 1 fully saturated rings. The summed E-state index contributed by atoms with van der Waals surface area (Å²) in [6.45, 7) is 2.77. The van der Waals surface area contributed by atoms with E-state index in [1.54, 1.807) is 31.2 Å². The highest BCUT2D eigenvalue weighted by atomic mass is 19.1. The number of carbonyl (C=O) groups is 2. The Balaban J connectivity index is 1.76. The van der Waals surface area contributed by atoms with E-state index in [-0.39, 0.29) is 18.0 Å². The first-order valence-corrected chi connectivity index (χ1v) is 12.9. The zero-order chi connectivity index (χ0) is 27.8. The van der Waals surface area contributed by atoms with Crippen LogP contribution in [0.2, 0.25) is 0 Å². The molecule has 2 amide bonds. The van der Waals surface area contributed by atoms with Gasteiger partial charge in [-0.15, -0.1) is 0 Å². The number of carbonyl (C=O) groups excluding carboxylic acids is 2. The summed E-state index contributed by atoms with van der Waals surface area (Å²) in [6.07, 6.45) is 2.55. The molecule has 0 unspecified atom stereocenters. The van der Waals surface area contributed by atoms with Crippen LogP contribution in [0.25, 0.3) is 33.2 Å². The van der Waals surface area contributed by atoms with Gasteiger partial charge in [-0.05, 0) is 97.6 Å². The highest BCUT2D eigenvalue weighted by Gasteiger charge is 2.27. The van der Waals surface area contributed by atoms with Crippen molar-refractivity contribution in [1.82, 2.24) is 9.88 Å². The van der Waals surface area contributed by atoms with Crippen molar-refractivity contribution in [2.75, 3.05) is 13.6 Å². The van der Waals surface area contributed by atoms with E-state index < -0.39 is 23.4 Å². The maximum Gasteiger partial charge on any atom is 0.250 e. The fourth-order valence-electron chi connectivity index (χ4n) is 5.67. The first-order valence-electron chi connectivity index (χ1n) is 12.9. The van der Waals surface area contributed by atoms with Crippen molar-refractivity contribution in [1.29, 1.82) is 0 Å². The number of pyridine rings is 1. The van der Waals surface area contributed by atoms with Crippen molar-refractivity contribution in [2.45, 2.75) is 38.6 Å². The first kappa shape index (κ1) is 26.4. The average molecular weight is 529 g/mol. The quantitative estimate of drug-likeness (QED) is 0.356. The number of aromatic nitrogens is 1. The number of amides is 2. The van der Waals surface area contributed by atoms with E-state index in [4.69, 9.17) is 16.5 Å². The Hall–Kier alpha value is -4.17. The molecule has 0 saturated carbocycles. The summed E-state index contributed by atoms with van der Waals surface area (Å²) >= 11 is 0. The monoisotopic (exact) mass is 528 g/mol. The van der Waals surface area contributed by atoms with Crippen molar-refractivity contribution >= 4 is 22.7 Å². The SMILES string of the molecule is Cc1cc(F)cc(-c2c(C[C@@H]3CCCN3C)nc3ccc(-c4cc(F)cc(CC(N)=O)c4)cc3c2C(N)=O)c1. The Bertz CT molecular complexity index is 1600. The lowest BCUT2D eigenvalue weighted by atomic mass is 9.89. The molecule has 200 valence electrons. The number of likely N-dealkylation sites (N-methyl/N-ethyl adjacent to an activating group) is 1. The minimum atomic E-state index is -0.661. The molecule has 6 nitrogen and oxygen atoms in total.